The van der Waals surface area contributed by atoms with Crippen molar-refractivity contribution < 1.29 is 0 Å². The molecule has 0 atom stereocenters. The lowest BCUT2D eigenvalue weighted by atomic mass is 10.1. The van der Waals surface area contributed by atoms with Gasteiger partial charge < -0.3 is 0 Å². The minimum absolute atomic E-state index is 0.681. The van der Waals surface area contributed by atoms with E-state index in [4.69, 9.17) is 0 Å². The number of pyridine rings is 1. The molecule has 0 N–H and O–H groups in total. The smallest absolute Gasteiger partial charge is 0.0534 e. The Hall–Kier alpha value is -1.37. The Balaban J connectivity index is 1.37. The zero-order chi connectivity index (χ0) is 17.2. The Bertz CT molecular complexity index is 871. The van der Waals surface area contributed by atoms with Crippen LogP contribution in [0.1, 0.15) is 18.4 Å². The van der Waals surface area contributed by atoms with E-state index in [9.17, 15) is 0 Å². The first kappa shape index (κ1) is 17.1. The first-order chi connectivity index (χ1) is 12.2. The van der Waals surface area contributed by atoms with Crippen LogP contribution in [0.3, 0.4) is 0 Å². The normalized spacial score (nSPS) is 16.6. The second-order valence-corrected chi connectivity index (χ2v) is 8.82. The van der Waals surface area contributed by atoms with Crippen LogP contribution in [0.15, 0.2) is 52.4 Å². The Morgan fingerprint density at radius 1 is 1.20 bits per heavy atom. The monoisotopic (exact) mass is 416 g/mol. The summed E-state index contributed by atoms with van der Waals surface area (Å²) >= 11 is 5.74. The molecule has 0 bridgehead atoms. The molecule has 0 radical (unpaired) electrons. The van der Waals surface area contributed by atoms with Gasteiger partial charge in [-0.25, -0.2) is 0 Å². The fraction of sp³-hybridized carbons (Fsp3) is 0.368. The molecule has 130 valence electrons. The summed E-state index contributed by atoms with van der Waals surface area (Å²) in [5, 5.41) is 7.39. The lowest BCUT2D eigenvalue weighted by Gasteiger charge is -2.31. The summed E-state index contributed by atoms with van der Waals surface area (Å²) in [5.41, 5.74) is 1.31. The summed E-state index contributed by atoms with van der Waals surface area (Å²) in [6, 6.07) is 6.55. The lowest BCUT2D eigenvalue weighted by Crippen LogP contribution is -2.34. The number of halogens is 1. The Labute approximate surface area is 160 Å². The first-order valence-electron chi connectivity index (χ1n) is 8.57. The second kappa shape index (κ2) is 7.48. The fourth-order valence-electron chi connectivity index (χ4n) is 3.35. The average molecular weight is 417 g/mol. The maximum Gasteiger partial charge on any atom is 0.0534 e. The molecule has 1 aliphatic rings. The maximum atomic E-state index is 4.26. The van der Waals surface area contributed by atoms with Gasteiger partial charge in [0.2, 0.25) is 0 Å². The molecule has 0 amide bonds. The summed E-state index contributed by atoms with van der Waals surface area (Å²) in [6.45, 7) is 3.32. The molecule has 0 saturated carbocycles. The minimum Gasteiger partial charge on any atom is -0.299 e. The van der Waals surface area contributed by atoms with E-state index >= 15 is 0 Å². The van der Waals surface area contributed by atoms with E-state index < -0.39 is 0 Å². The highest BCUT2D eigenvalue weighted by Gasteiger charge is 2.21. The number of aromatic nitrogens is 3. The summed E-state index contributed by atoms with van der Waals surface area (Å²) in [7, 11) is 1.98. The number of likely N-dealkylation sites (tertiary alicyclic amines) is 1. The number of piperidine rings is 1. The molecule has 0 spiro atoms. The summed E-state index contributed by atoms with van der Waals surface area (Å²) in [6.07, 6.45) is 10.3. The topological polar surface area (TPSA) is 34.0 Å². The van der Waals surface area contributed by atoms with Gasteiger partial charge in [0.1, 0.15) is 0 Å². The molecule has 1 fully saturated rings. The number of thioether (sulfide) groups is 1. The van der Waals surface area contributed by atoms with Crippen molar-refractivity contribution in [3.63, 3.8) is 0 Å². The minimum atomic E-state index is 0.681. The number of hydrogen-bond donors (Lipinski definition) is 0. The highest BCUT2D eigenvalue weighted by molar-refractivity contribution is 9.10. The van der Waals surface area contributed by atoms with Gasteiger partial charge in [-0.05, 0) is 65.4 Å². The van der Waals surface area contributed by atoms with E-state index in [-0.39, 0.29) is 0 Å². The molecule has 4 nitrogen and oxygen atoms in total. The van der Waals surface area contributed by atoms with Crippen LogP contribution >= 0.6 is 27.7 Å². The Kier molecular flexibility index (Phi) is 5.10. The van der Waals surface area contributed by atoms with Gasteiger partial charge in [-0.2, -0.15) is 5.10 Å². The van der Waals surface area contributed by atoms with Gasteiger partial charge >= 0.3 is 0 Å². The molecule has 4 rings (SSSR count). The average Bonchev–Trinajstić information content (AvgIpc) is 3.02. The molecule has 2 aromatic heterocycles. The van der Waals surface area contributed by atoms with Crippen molar-refractivity contribution in [1.82, 2.24) is 19.7 Å². The second-order valence-electron chi connectivity index (χ2n) is 6.62. The van der Waals surface area contributed by atoms with Gasteiger partial charge in [-0.1, -0.05) is 0 Å². The van der Waals surface area contributed by atoms with E-state index in [1.807, 2.05) is 42.1 Å². The fourth-order valence-corrected chi connectivity index (χ4v) is 5.17. The largest absolute Gasteiger partial charge is 0.299 e. The van der Waals surface area contributed by atoms with Crippen LogP contribution in [-0.4, -0.2) is 38.0 Å². The van der Waals surface area contributed by atoms with Crippen molar-refractivity contribution in [1.29, 1.82) is 0 Å². The van der Waals surface area contributed by atoms with Crippen LogP contribution < -0.4 is 0 Å². The number of benzene rings is 1. The Morgan fingerprint density at radius 3 is 2.80 bits per heavy atom. The van der Waals surface area contributed by atoms with Crippen LogP contribution in [0.5, 0.6) is 0 Å². The molecule has 3 aromatic rings. The van der Waals surface area contributed by atoms with Crippen molar-refractivity contribution in [2.24, 2.45) is 7.05 Å². The quantitative estimate of drug-likeness (QED) is 0.627. The number of hydrogen-bond acceptors (Lipinski definition) is 4. The zero-order valence-electron chi connectivity index (χ0n) is 14.2. The zero-order valence-corrected chi connectivity index (χ0v) is 16.6. The van der Waals surface area contributed by atoms with E-state index in [0.717, 1.165) is 19.6 Å². The third-order valence-corrected chi connectivity index (χ3v) is 7.00. The maximum absolute atomic E-state index is 4.26. The molecular weight excluding hydrogens is 396 g/mol. The SMILES string of the molecule is Cn1cc(CN2CCC(Sc3cc4ccncc4cc3Br)CC2)cn1. The molecule has 0 unspecified atom stereocenters. The summed E-state index contributed by atoms with van der Waals surface area (Å²) in [4.78, 5) is 8.08. The molecular formula is C19H21BrN4S. The van der Waals surface area contributed by atoms with Crippen molar-refractivity contribution in [3.05, 3.63) is 53.0 Å². The molecule has 0 aliphatic carbocycles. The van der Waals surface area contributed by atoms with Crippen LogP contribution in [0.2, 0.25) is 0 Å². The van der Waals surface area contributed by atoms with Gasteiger partial charge in [-0.3, -0.25) is 14.6 Å². The van der Waals surface area contributed by atoms with E-state index in [2.05, 4.69) is 55.3 Å². The van der Waals surface area contributed by atoms with Gasteiger partial charge in [-0.15, -0.1) is 11.8 Å². The highest BCUT2D eigenvalue weighted by Crippen LogP contribution is 2.37. The number of rotatable bonds is 4. The number of nitrogens with zero attached hydrogens (tertiary/aromatic N) is 4. The van der Waals surface area contributed by atoms with Gasteiger partial charge in [0.25, 0.3) is 0 Å². The van der Waals surface area contributed by atoms with E-state index in [1.54, 1.807) is 0 Å². The van der Waals surface area contributed by atoms with Crippen molar-refractivity contribution in [3.8, 4) is 0 Å². The third kappa shape index (κ3) is 4.07. The predicted molar refractivity (Wildman–Crippen MR) is 107 cm³/mol. The highest BCUT2D eigenvalue weighted by atomic mass is 79.9. The lowest BCUT2D eigenvalue weighted by molar-refractivity contribution is 0.225. The van der Waals surface area contributed by atoms with Gasteiger partial charge in [0.05, 0.1) is 6.20 Å². The molecule has 3 heterocycles. The molecule has 1 aliphatic heterocycles. The van der Waals surface area contributed by atoms with Crippen LogP contribution in [0, 0.1) is 0 Å². The predicted octanol–water partition coefficient (Wildman–Crippen LogP) is 4.49. The van der Waals surface area contributed by atoms with E-state index in [1.165, 1.54) is 38.5 Å². The van der Waals surface area contributed by atoms with Gasteiger partial charge in [0.15, 0.2) is 0 Å². The Morgan fingerprint density at radius 2 is 2.04 bits per heavy atom. The molecule has 25 heavy (non-hydrogen) atoms. The molecule has 1 aromatic carbocycles. The van der Waals surface area contributed by atoms with Gasteiger partial charge in [0, 0.05) is 57.8 Å². The standard InChI is InChI=1S/C19H21BrN4S/c1-23-12-14(10-22-23)13-24-6-3-17(4-7-24)25-19-9-15-2-5-21-11-16(15)8-18(19)20/h2,5,8-12,17H,3-4,6-7,13H2,1H3. The third-order valence-electron chi connectivity index (χ3n) is 4.68. The van der Waals surface area contributed by atoms with Crippen LogP contribution in [0.4, 0.5) is 0 Å². The number of fused-ring (bicyclic) bond motifs is 1. The van der Waals surface area contributed by atoms with Crippen LogP contribution in [0.25, 0.3) is 10.8 Å². The first-order valence-corrected chi connectivity index (χ1v) is 10.2. The summed E-state index contributed by atoms with van der Waals surface area (Å²) < 4.78 is 3.06. The van der Waals surface area contributed by atoms with Crippen molar-refractivity contribution in [2.75, 3.05) is 13.1 Å². The van der Waals surface area contributed by atoms with Crippen LogP contribution in [-0.2, 0) is 13.6 Å². The molecule has 6 heteroatoms. The summed E-state index contributed by atoms with van der Waals surface area (Å²) in [5.74, 6) is 0. The molecule has 1 saturated heterocycles. The number of aryl methyl sites for hydroxylation is 1. The van der Waals surface area contributed by atoms with Crippen molar-refractivity contribution >= 4 is 38.5 Å². The van der Waals surface area contributed by atoms with E-state index in [0.29, 0.717) is 5.25 Å². The van der Waals surface area contributed by atoms with Crippen molar-refractivity contribution in [2.45, 2.75) is 29.5 Å².